The van der Waals surface area contributed by atoms with Crippen LogP contribution in [-0.4, -0.2) is 34.0 Å². The first-order valence-electron chi connectivity index (χ1n) is 0. The summed E-state index contributed by atoms with van der Waals surface area (Å²) in [4.78, 5) is 0. The van der Waals surface area contributed by atoms with Crippen LogP contribution in [0.4, 0.5) is 0 Å². The molecule has 1 radical (unpaired) electrons. The van der Waals surface area contributed by atoms with Crippen LogP contribution in [0.2, 0.25) is 0 Å². The molecule has 0 aliphatic heterocycles. The minimum absolute atomic E-state index is 0. The van der Waals surface area contributed by atoms with E-state index in [1.807, 2.05) is 0 Å². The molecule has 0 aromatic heterocycles. The molecule has 0 spiro atoms. The minimum atomic E-state index is 0. The van der Waals surface area contributed by atoms with Crippen LogP contribution in [0.1, 0.15) is 2.85 Å². The van der Waals surface area contributed by atoms with Crippen molar-refractivity contribution in [1.82, 2.24) is 0 Å². The predicted octanol–water partition coefficient (Wildman–Crippen LogP) is -1.34. The first-order chi connectivity index (χ1) is 0. The molecule has 0 aliphatic rings. The molecule has 0 aromatic rings. The maximum Gasteiger partial charge on any atom is 2.00 e. The summed E-state index contributed by atoms with van der Waals surface area (Å²) in [5, 5.41) is 0. The fraction of sp³-hybridized carbons (Fsp3) is 0. The van der Waals surface area contributed by atoms with Crippen LogP contribution in [0, 0.1) is 0 Å². The molecule has 4 heavy (non-hydrogen) atoms. The van der Waals surface area contributed by atoms with E-state index in [1.54, 1.807) is 0 Å². The van der Waals surface area contributed by atoms with Gasteiger partial charge in [0.2, 0.25) is 0 Å². The molecular weight excluding hydrogens is 156 g/mol. The zero-order chi connectivity index (χ0) is 0. The van der Waals surface area contributed by atoms with Crippen LogP contribution < -0.4 is 0 Å². The molecule has 0 rings (SSSR count). The molecule has 0 unspecified atom stereocenters. The second kappa shape index (κ2) is 18.9. The van der Waals surface area contributed by atoms with Gasteiger partial charge in [-0.15, -0.1) is 0 Å². The molecule has 4 heteroatoms. The largest absolute Gasteiger partial charge is 2.00 e. The molecule has 0 aliphatic carbocycles. The number of hydrogen-bond donors (Lipinski definition) is 0. The maximum absolute atomic E-state index is 0. The molecule has 0 saturated carbocycles. The Labute approximate surface area is 75.0 Å². The average Bonchev–Trinajstić information content (AvgIpc) is 0. The van der Waals surface area contributed by atoms with Crippen LogP contribution in [0.5, 0.6) is 0 Å². The maximum atomic E-state index is 0. The van der Waals surface area contributed by atoms with E-state index in [9.17, 15) is 0 Å². The first kappa shape index (κ1) is 34.4. The number of hydrogen-bond acceptors (Lipinski definition) is 0. The Morgan fingerprint density at radius 2 is 1.25 bits per heavy atom. The third-order valence-electron chi connectivity index (χ3n) is 0. The number of rotatable bonds is 0. The molecule has 0 amide bonds. The third-order valence-corrected chi connectivity index (χ3v) is 0. The second-order valence-corrected chi connectivity index (χ2v) is 0. The van der Waals surface area contributed by atoms with Gasteiger partial charge in [-0.3, -0.25) is 0 Å². The van der Waals surface area contributed by atoms with E-state index >= 15 is 0 Å². The van der Waals surface area contributed by atoms with Crippen LogP contribution in [0.3, 0.4) is 0 Å². The Bertz CT molecular complexity index is 13.5. The van der Waals surface area contributed by atoms with Crippen molar-refractivity contribution in [2.45, 2.75) is 0 Å². The Kier molecular flexibility index (Phi) is 162. The van der Waals surface area contributed by atoms with Gasteiger partial charge in [-0.1, -0.05) is 0 Å². The summed E-state index contributed by atoms with van der Waals surface area (Å²) < 4.78 is 0. The van der Waals surface area contributed by atoms with Gasteiger partial charge in [-0.25, -0.2) is 0 Å². The molecule has 23 valence electrons. The van der Waals surface area contributed by atoms with Gasteiger partial charge < -0.3 is 2.85 Å². The van der Waals surface area contributed by atoms with E-state index in [0.717, 1.165) is 0 Å². The molecule has 0 nitrogen and oxygen atoms in total. The van der Waals surface area contributed by atoms with Gasteiger partial charge in [-0.2, -0.15) is 0 Å². The van der Waals surface area contributed by atoms with E-state index in [1.165, 1.54) is 0 Å². The average molecular weight is 161 g/mol. The van der Waals surface area contributed by atoms with Crippen molar-refractivity contribution >= 4 is 34.0 Å². The van der Waals surface area contributed by atoms with Gasteiger partial charge in [-0.05, 0) is 11.0 Å². The van der Waals surface area contributed by atoms with Crippen molar-refractivity contribution in [3.63, 3.8) is 0 Å². The van der Waals surface area contributed by atoms with Gasteiger partial charge in [0.05, 0.1) is 0 Å². The summed E-state index contributed by atoms with van der Waals surface area (Å²) >= 11 is 0. The van der Waals surface area contributed by atoms with Crippen LogP contribution in [0.25, 0.3) is 0 Å². The molecule has 0 fully saturated rings. The van der Waals surface area contributed by atoms with E-state index in [0.29, 0.717) is 0 Å². The Hall–Kier alpha value is 2.22. The Morgan fingerprint density at radius 1 is 1.25 bits per heavy atom. The molecule has 0 atom stereocenters. The third kappa shape index (κ3) is 8.88. The second-order valence-electron chi connectivity index (χ2n) is 0. The normalized spacial score (nSPS) is 0. The fourth-order valence-electron chi connectivity index (χ4n) is 0. The van der Waals surface area contributed by atoms with Crippen molar-refractivity contribution in [1.29, 1.82) is 0 Å². The zero-order valence-electron chi connectivity index (χ0n) is 4.56. The summed E-state index contributed by atoms with van der Waals surface area (Å²) in [5.41, 5.74) is 0. The first-order valence-corrected chi connectivity index (χ1v) is 0. The summed E-state index contributed by atoms with van der Waals surface area (Å²) in [6, 6.07) is 0. The van der Waals surface area contributed by atoms with Crippen molar-refractivity contribution in [3.05, 3.63) is 0 Å². The monoisotopic (exact) mass is 161 g/mol. The molecule has 0 aromatic carbocycles. The van der Waals surface area contributed by atoms with Gasteiger partial charge in [0.25, 0.3) is 0 Å². The van der Waals surface area contributed by atoms with Gasteiger partial charge >= 0.3 is 23.1 Å². The minimum Gasteiger partial charge on any atom is -1.00 e. The summed E-state index contributed by atoms with van der Waals surface area (Å²) in [6.45, 7) is 0. The van der Waals surface area contributed by atoms with Crippen LogP contribution >= 0.6 is 0 Å². The van der Waals surface area contributed by atoms with Crippen LogP contribution in [-0.2, 0) is 38.8 Å². The molecular formula is H5FeMgSiTi. The quantitative estimate of drug-likeness (QED) is 0.386. The topological polar surface area (TPSA) is 0 Å². The summed E-state index contributed by atoms with van der Waals surface area (Å²) in [6.07, 6.45) is 0. The Morgan fingerprint density at radius 3 is 1.25 bits per heavy atom. The van der Waals surface area contributed by atoms with Crippen molar-refractivity contribution in [2.75, 3.05) is 0 Å². The predicted molar refractivity (Wildman–Crippen MR) is 17.9 cm³/mol. The smallest absolute Gasteiger partial charge is 1.00 e. The fourth-order valence-corrected chi connectivity index (χ4v) is 0. The molecule has 0 saturated heterocycles. The van der Waals surface area contributed by atoms with Crippen molar-refractivity contribution in [3.8, 4) is 0 Å². The molecule has 0 N–H and O–H groups in total. The van der Waals surface area contributed by atoms with Gasteiger partial charge in [0, 0.05) is 38.8 Å². The molecule has 0 bridgehead atoms. The van der Waals surface area contributed by atoms with E-state index in [2.05, 4.69) is 0 Å². The van der Waals surface area contributed by atoms with Crippen LogP contribution in [0.15, 0.2) is 0 Å². The molecule has 0 heterocycles. The zero-order valence-corrected chi connectivity index (χ0v) is 8.64. The van der Waals surface area contributed by atoms with Crippen molar-refractivity contribution < 1.29 is 41.6 Å². The summed E-state index contributed by atoms with van der Waals surface area (Å²) in [5.74, 6) is 0. The van der Waals surface area contributed by atoms with E-state index in [4.69, 9.17) is 0 Å². The standard InChI is InChI=1S/Fe.Mg.H3Si.Ti.2H/h;;1H3;;;/q;+2;;;2*-1. The van der Waals surface area contributed by atoms with Gasteiger partial charge in [0.15, 0.2) is 0 Å². The Balaban J connectivity index is 0. The van der Waals surface area contributed by atoms with Crippen molar-refractivity contribution in [2.24, 2.45) is 0 Å². The summed E-state index contributed by atoms with van der Waals surface area (Å²) in [7, 11) is 0. The van der Waals surface area contributed by atoms with Gasteiger partial charge in [0.1, 0.15) is 0 Å². The van der Waals surface area contributed by atoms with E-state index in [-0.39, 0.29) is 75.7 Å². The SMILES string of the molecule is [Fe].[H-].[H-].[Mg+2].[SiH3].[Ti]. The van der Waals surface area contributed by atoms with E-state index < -0.39 is 0 Å².